The number of hydrogen-bond donors (Lipinski definition) is 1. The van der Waals surface area contributed by atoms with Gasteiger partial charge in [0, 0.05) is 0 Å². The molecule has 0 spiro atoms. The second-order valence-electron chi connectivity index (χ2n) is 2.29. The van der Waals surface area contributed by atoms with Crippen LogP contribution in [0.25, 0.3) is 12.2 Å². The summed E-state index contributed by atoms with van der Waals surface area (Å²) in [6.07, 6.45) is 3.66. The second kappa shape index (κ2) is 6.42. The lowest BCUT2D eigenvalue weighted by Gasteiger charge is -1.96. The molecule has 0 saturated heterocycles. The number of rotatable bonds is 2. The van der Waals surface area contributed by atoms with Crippen LogP contribution in [0.5, 0.6) is 0 Å². The summed E-state index contributed by atoms with van der Waals surface area (Å²) in [5, 5.41) is 15.7. The van der Waals surface area contributed by atoms with Crippen molar-refractivity contribution < 1.29 is 5.02 Å². The summed E-state index contributed by atoms with van der Waals surface area (Å²) in [6.45, 7) is 7.38. The van der Waals surface area contributed by atoms with Gasteiger partial charge in [-0.2, -0.15) is 0 Å². The Kier molecular flexibility index (Phi) is 5.46. The van der Waals surface area contributed by atoms with Crippen LogP contribution in [0, 0.1) is 15.9 Å². The summed E-state index contributed by atoms with van der Waals surface area (Å²) >= 11 is 0. The van der Waals surface area contributed by atoms with Gasteiger partial charge in [0.2, 0.25) is 0 Å². The minimum atomic E-state index is -1.25. The predicted molar refractivity (Wildman–Crippen MR) is 56.3 cm³/mol. The van der Waals surface area contributed by atoms with E-state index in [0.29, 0.717) is 0 Å². The molecule has 0 unspecified atom stereocenters. The summed E-state index contributed by atoms with van der Waals surface area (Å²) in [5.74, 6) is 0. The summed E-state index contributed by atoms with van der Waals surface area (Å²) in [4.78, 5) is 0. The van der Waals surface area contributed by atoms with E-state index in [1.54, 1.807) is 0 Å². The second-order valence-corrected chi connectivity index (χ2v) is 2.29. The van der Waals surface area contributed by atoms with Gasteiger partial charge in [-0.25, -0.2) is 0 Å². The van der Waals surface area contributed by atoms with E-state index < -0.39 is 5.02 Å². The molecule has 0 aliphatic carbocycles. The first-order valence-corrected chi connectivity index (χ1v) is 3.81. The van der Waals surface area contributed by atoms with Crippen LogP contribution in [0.4, 0.5) is 0 Å². The van der Waals surface area contributed by atoms with E-state index in [2.05, 4.69) is 13.2 Å². The van der Waals surface area contributed by atoms with Crippen LogP contribution in [0.15, 0.2) is 37.4 Å². The Labute approximate surface area is 82.5 Å². The van der Waals surface area contributed by atoms with Gasteiger partial charge in [0.1, 0.15) is 0 Å². The van der Waals surface area contributed by atoms with Crippen LogP contribution in [-0.2, 0) is 0 Å². The zero-order chi connectivity index (χ0) is 11.0. The van der Waals surface area contributed by atoms with Gasteiger partial charge in [-0.15, -0.1) is 0 Å². The number of nitrogens with one attached hydrogen (secondary N) is 1. The van der Waals surface area contributed by atoms with E-state index in [4.69, 9.17) is 15.9 Å². The number of nitrogens with zero attached hydrogens (tertiary/aromatic N) is 1. The fourth-order valence-electron chi connectivity index (χ4n) is 0.883. The third kappa shape index (κ3) is 4.71. The standard InChI is InChI=1S/C10H10.HN2O2/c1-3-9-7-5-6-8-10(9)4-2;1-2(3)4/h3-8H,1-2H2;(H-,1,3,4)/q;-1. The molecule has 0 atom stereocenters. The lowest BCUT2D eigenvalue weighted by molar-refractivity contribution is -0.482. The minimum absolute atomic E-state index is 1.14. The number of benzene rings is 1. The van der Waals surface area contributed by atoms with Crippen LogP contribution < -0.4 is 0 Å². The molecule has 0 fully saturated rings. The SMILES string of the molecule is C=Cc1ccccc1C=C.N=[N+]([O-])[O-]. The maximum atomic E-state index is 8.47. The molecular formula is C10H11N2O2-. The van der Waals surface area contributed by atoms with Gasteiger partial charge in [-0.05, 0) is 16.7 Å². The zero-order valence-corrected chi connectivity index (χ0v) is 7.64. The van der Waals surface area contributed by atoms with Crippen LogP contribution in [0.2, 0.25) is 0 Å². The smallest absolute Gasteiger partial charge is 0.0190 e. The van der Waals surface area contributed by atoms with Crippen molar-refractivity contribution in [2.75, 3.05) is 0 Å². The van der Waals surface area contributed by atoms with Crippen molar-refractivity contribution in [1.29, 1.82) is 5.53 Å². The highest BCUT2D eigenvalue weighted by Crippen LogP contribution is 2.10. The third-order valence-electron chi connectivity index (χ3n) is 1.44. The van der Waals surface area contributed by atoms with Crippen molar-refractivity contribution in [3.8, 4) is 0 Å². The van der Waals surface area contributed by atoms with E-state index in [1.165, 1.54) is 0 Å². The Hall–Kier alpha value is -2.10. The predicted octanol–water partition coefficient (Wildman–Crippen LogP) is 3.00. The van der Waals surface area contributed by atoms with Gasteiger partial charge in [0.25, 0.3) is 0 Å². The largest absolute Gasteiger partial charge is 0.588 e. The summed E-state index contributed by atoms with van der Waals surface area (Å²) < 4.78 is 0. The van der Waals surface area contributed by atoms with Crippen LogP contribution >= 0.6 is 0 Å². The minimum Gasteiger partial charge on any atom is -0.588 e. The highest BCUT2D eigenvalue weighted by atomic mass is 16.8. The summed E-state index contributed by atoms with van der Waals surface area (Å²) in [6, 6.07) is 8.02. The van der Waals surface area contributed by atoms with Gasteiger partial charge in [-0.3, -0.25) is 0 Å². The number of hydrogen-bond acceptors (Lipinski definition) is 3. The Morgan fingerprint density at radius 2 is 1.36 bits per heavy atom. The fourth-order valence-corrected chi connectivity index (χ4v) is 0.883. The molecule has 74 valence electrons. The molecule has 0 saturated carbocycles. The molecule has 0 heterocycles. The topological polar surface area (TPSA) is 73.0 Å². The Morgan fingerprint density at radius 3 is 1.57 bits per heavy atom. The lowest BCUT2D eigenvalue weighted by atomic mass is 10.1. The molecule has 0 aromatic heterocycles. The van der Waals surface area contributed by atoms with Gasteiger partial charge < -0.3 is 10.4 Å². The quantitative estimate of drug-likeness (QED) is 0.576. The maximum absolute atomic E-state index is 8.47. The first-order valence-electron chi connectivity index (χ1n) is 3.81. The van der Waals surface area contributed by atoms with Gasteiger partial charge in [-0.1, -0.05) is 54.6 Å². The van der Waals surface area contributed by atoms with Gasteiger partial charge in [0.15, 0.2) is 0 Å². The molecular weight excluding hydrogens is 180 g/mol. The van der Waals surface area contributed by atoms with Crippen LogP contribution in [-0.4, -0.2) is 5.02 Å². The zero-order valence-electron chi connectivity index (χ0n) is 7.64. The first kappa shape index (κ1) is 11.9. The van der Waals surface area contributed by atoms with Crippen molar-refractivity contribution in [3.63, 3.8) is 0 Å². The Bertz CT molecular complexity index is 304. The van der Waals surface area contributed by atoms with E-state index in [1.807, 2.05) is 36.4 Å². The van der Waals surface area contributed by atoms with Crippen molar-refractivity contribution >= 4 is 12.2 Å². The van der Waals surface area contributed by atoms with E-state index in [0.717, 1.165) is 11.1 Å². The maximum Gasteiger partial charge on any atom is -0.0190 e. The molecule has 1 aromatic rings. The summed E-state index contributed by atoms with van der Waals surface area (Å²) in [5.41, 5.74) is 7.58. The lowest BCUT2D eigenvalue weighted by Crippen LogP contribution is -1.76. The van der Waals surface area contributed by atoms with Gasteiger partial charge in [0.05, 0.1) is 0 Å². The molecule has 1 rings (SSSR count). The molecule has 4 heteroatoms. The van der Waals surface area contributed by atoms with Crippen molar-refractivity contribution in [2.24, 2.45) is 0 Å². The highest BCUT2D eigenvalue weighted by Gasteiger charge is 1.89. The normalized spacial score (nSPS) is 8.00. The molecule has 0 bridgehead atoms. The van der Waals surface area contributed by atoms with Crippen molar-refractivity contribution in [3.05, 3.63) is 59.0 Å². The Morgan fingerprint density at radius 1 is 1.07 bits per heavy atom. The van der Waals surface area contributed by atoms with Crippen molar-refractivity contribution in [2.45, 2.75) is 0 Å². The van der Waals surface area contributed by atoms with Crippen molar-refractivity contribution in [1.82, 2.24) is 0 Å². The molecule has 1 aromatic carbocycles. The highest BCUT2D eigenvalue weighted by molar-refractivity contribution is 5.63. The molecule has 1 N–H and O–H groups in total. The fraction of sp³-hybridized carbons (Fsp3) is 0. The third-order valence-corrected chi connectivity index (χ3v) is 1.44. The first-order chi connectivity index (χ1) is 6.61. The molecule has 4 nitrogen and oxygen atoms in total. The van der Waals surface area contributed by atoms with E-state index in [-0.39, 0.29) is 0 Å². The molecule has 0 radical (unpaired) electrons. The van der Waals surface area contributed by atoms with Crippen LogP contribution in [0.1, 0.15) is 11.1 Å². The van der Waals surface area contributed by atoms with Crippen LogP contribution in [0.3, 0.4) is 0 Å². The average Bonchev–Trinajstić information content (AvgIpc) is 2.17. The van der Waals surface area contributed by atoms with E-state index in [9.17, 15) is 0 Å². The Balaban J connectivity index is 0.000000364. The van der Waals surface area contributed by atoms with E-state index >= 15 is 0 Å². The molecule has 0 aliphatic rings. The molecule has 14 heavy (non-hydrogen) atoms. The average molecular weight is 191 g/mol. The van der Waals surface area contributed by atoms with Gasteiger partial charge >= 0.3 is 0 Å². The summed E-state index contributed by atoms with van der Waals surface area (Å²) in [7, 11) is 0. The monoisotopic (exact) mass is 191 g/mol. The molecule has 0 amide bonds. The molecule has 0 aliphatic heterocycles.